The van der Waals surface area contributed by atoms with Gasteiger partial charge in [0.05, 0.1) is 0 Å². The summed E-state index contributed by atoms with van der Waals surface area (Å²) in [6.07, 6.45) is 0. The van der Waals surface area contributed by atoms with Crippen LogP contribution < -0.4 is 0 Å². The van der Waals surface area contributed by atoms with Gasteiger partial charge in [0.25, 0.3) is 5.97 Å². The van der Waals surface area contributed by atoms with Gasteiger partial charge >= 0.3 is 22.4 Å². The number of nitrogens with zero attached hydrogens (tertiary/aromatic N) is 3. The van der Waals surface area contributed by atoms with Gasteiger partial charge in [0, 0.05) is 11.8 Å². The van der Waals surface area contributed by atoms with E-state index in [9.17, 15) is 14.4 Å². The molecule has 0 saturated heterocycles. The van der Waals surface area contributed by atoms with E-state index in [0.29, 0.717) is 0 Å². The van der Waals surface area contributed by atoms with Crippen molar-refractivity contribution in [3.05, 3.63) is 16.0 Å². The molecule has 0 aromatic rings. The Balaban J connectivity index is 0. The molecule has 0 aromatic carbocycles. The number of hydrogen-bond acceptors (Lipinski definition) is 5. The first kappa shape index (κ1) is 19.5. The molecule has 0 saturated carbocycles. The molecular weight excluding hydrogens is 349 g/mol. The Kier molecular flexibility index (Phi) is 15.4. The molecule has 0 aliphatic carbocycles. The average Bonchev–Trinajstić information content (AvgIpc) is 2.36. The number of carboxylic acids is 1. The Morgan fingerprint density at radius 3 is 1.94 bits per heavy atom. The van der Waals surface area contributed by atoms with E-state index in [4.69, 9.17) is 8.61 Å². The van der Waals surface area contributed by atoms with Crippen LogP contribution in [0.4, 0.5) is 0 Å². The molecule has 0 bridgehead atoms. The first-order valence-electron chi connectivity index (χ1n) is 4.55. The first-order valence-corrected chi connectivity index (χ1v) is 5.89. The van der Waals surface area contributed by atoms with Crippen molar-refractivity contribution in [2.45, 2.75) is 0 Å². The Labute approximate surface area is 120 Å². The Morgan fingerprint density at radius 1 is 1.00 bits per heavy atom. The summed E-state index contributed by atoms with van der Waals surface area (Å²) in [7, 11) is 0. The zero-order valence-electron chi connectivity index (χ0n) is 9.24. The van der Waals surface area contributed by atoms with Crippen LogP contribution in [-0.2, 0) is 49.4 Å². The standard InChI is InChI=1S/C8H14N3O4S.O.Tc/c12-6(3-9-4-8(14)15)10-1-2-11-7(13)5-16;;/h1-5H2,(H4,10,11,12,13,14,15,16);;/q-1;;+4/p-3/i;;1+1. The molecule has 10 heteroatoms. The van der Waals surface area contributed by atoms with Crippen molar-refractivity contribution < 1.29 is 41.8 Å². The summed E-state index contributed by atoms with van der Waals surface area (Å²) >= 11 is 5.35. The van der Waals surface area contributed by atoms with Crippen LogP contribution >= 0.6 is 0 Å². The minimum atomic E-state index is -1.10. The van der Waals surface area contributed by atoms with Crippen LogP contribution in [0, 0.1) is 0 Å². The normalized spacial score (nSPS) is 8.83. The van der Waals surface area contributed by atoms with Crippen molar-refractivity contribution in [2.24, 2.45) is 0 Å². The zero-order chi connectivity index (χ0) is 14.4. The fourth-order valence-electron chi connectivity index (χ4n) is 0.692. The van der Waals surface area contributed by atoms with Crippen molar-refractivity contribution in [1.29, 1.82) is 0 Å². The summed E-state index contributed by atoms with van der Waals surface area (Å²) in [5.74, 6) is -2.11. The summed E-state index contributed by atoms with van der Waals surface area (Å²) in [5, 5.41) is 18.7. The zero-order valence-corrected chi connectivity index (χ0v) is 11.9. The molecule has 0 radical (unpaired) electrons. The van der Waals surface area contributed by atoms with E-state index in [1.54, 1.807) is 0 Å². The van der Waals surface area contributed by atoms with Crippen LogP contribution in [0.15, 0.2) is 0 Å². The van der Waals surface area contributed by atoms with Crippen LogP contribution in [0.2, 0.25) is 0 Å². The van der Waals surface area contributed by atoms with Gasteiger partial charge in [-0.3, -0.25) is 4.79 Å². The number of carboxylic acid groups (broad SMARTS) is 1. The van der Waals surface area contributed by atoms with E-state index in [1.807, 2.05) is 0 Å². The van der Waals surface area contributed by atoms with E-state index in [2.05, 4.69) is 28.6 Å². The van der Waals surface area contributed by atoms with Gasteiger partial charge in [-0.1, -0.05) is 0 Å². The third-order valence-electron chi connectivity index (χ3n) is 1.29. The summed E-state index contributed by atoms with van der Waals surface area (Å²) in [4.78, 5) is 31.6. The van der Waals surface area contributed by atoms with Crippen molar-refractivity contribution >= 4 is 30.4 Å². The van der Waals surface area contributed by atoms with Crippen LogP contribution in [0.25, 0.3) is 16.0 Å². The van der Waals surface area contributed by atoms with Gasteiger partial charge in [-0.2, -0.15) is 0 Å². The van der Waals surface area contributed by atoms with Crippen molar-refractivity contribution in [3.8, 4) is 0 Å². The molecule has 0 aliphatic rings. The topological polar surface area (TPSA) is 131 Å². The monoisotopic (exact) mass is 360 g/mol. The summed E-state index contributed by atoms with van der Waals surface area (Å²) < 4.78 is 8.22. The van der Waals surface area contributed by atoms with Gasteiger partial charge in [-0.15, -0.1) is 25.4 Å². The predicted molar refractivity (Wildman–Crippen MR) is 60.1 cm³/mol. The molecule has 0 aliphatic heterocycles. The van der Waals surface area contributed by atoms with Gasteiger partial charge in [0.1, 0.15) is 0 Å². The Morgan fingerprint density at radius 2 is 1.50 bits per heavy atom. The third kappa shape index (κ3) is 15.2. The van der Waals surface area contributed by atoms with Crippen molar-refractivity contribution in [1.82, 2.24) is 0 Å². The molecule has 0 fully saturated rings. The van der Waals surface area contributed by atoms with E-state index in [1.165, 1.54) is 0 Å². The van der Waals surface area contributed by atoms with Crippen LogP contribution in [0.5, 0.6) is 0 Å². The minimum absolute atomic E-state index is 0.0815. The van der Waals surface area contributed by atoms with Gasteiger partial charge in [-0.25, -0.2) is 0 Å². The number of amides is 2. The molecule has 0 rings (SSSR count). The van der Waals surface area contributed by atoms with Gasteiger partial charge in [0.2, 0.25) is 0 Å². The maximum atomic E-state index is 10.9. The molecule has 0 atom stereocenters. The number of rotatable bonds is 8. The molecular formula is C8H11N3O5STc. The van der Waals surface area contributed by atoms with Gasteiger partial charge in [0.15, 0.2) is 0 Å². The second-order valence-electron chi connectivity index (χ2n) is 2.63. The van der Waals surface area contributed by atoms with E-state index >= 15 is 0 Å². The van der Waals surface area contributed by atoms with Crippen LogP contribution in [-0.4, -0.2) is 54.8 Å². The number of aliphatic carboxylic acids is 1. The second kappa shape index (κ2) is 14.2. The number of carbonyl (C=O) groups excluding carboxylic acids is 2. The fraction of sp³-hybridized carbons (Fsp3) is 0.625. The summed E-state index contributed by atoms with van der Waals surface area (Å²) in [5.41, 5.74) is 0. The number of carbonyl (C=O) groups is 3. The number of hydrogen-bond donors (Lipinski definition) is 1. The molecule has 0 aromatic heterocycles. The van der Waals surface area contributed by atoms with Crippen LogP contribution in [0.1, 0.15) is 0 Å². The third-order valence-corrected chi connectivity index (χ3v) is 1.54. The predicted octanol–water partition coefficient (Wildman–Crippen LogP) is -0.329. The van der Waals surface area contributed by atoms with Crippen molar-refractivity contribution in [2.75, 3.05) is 31.9 Å². The fourth-order valence-corrected chi connectivity index (χ4v) is 0.784. The average molecular weight is 360 g/mol. The van der Waals surface area contributed by atoms with E-state index in [-0.39, 0.29) is 25.4 Å². The Hall–Kier alpha value is -0.831. The van der Waals surface area contributed by atoms with E-state index < -0.39 is 24.3 Å². The molecule has 101 valence electrons. The summed E-state index contributed by atoms with van der Waals surface area (Å²) in [6, 6.07) is 0. The molecule has 18 heavy (non-hydrogen) atoms. The molecule has 2 amide bonds. The quantitative estimate of drug-likeness (QED) is 0.466. The SMILES string of the molecule is O=C(O)C[N-]CC(=O)[N-]CC[N-]C(=O)C[S-].[O]=[99Tc+4]. The summed E-state index contributed by atoms with van der Waals surface area (Å²) in [6.45, 7) is -0.482. The molecule has 1 N–H and O–H groups in total. The van der Waals surface area contributed by atoms with Crippen molar-refractivity contribution in [3.63, 3.8) is 0 Å². The van der Waals surface area contributed by atoms with Gasteiger partial charge in [-0.05, 0) is 6.54 Å². The second-order valence-corrected chi connectivity index (χ2v) is 2.92. The first-order chi connectivity index (χ1) is 8.56. The molecule has 8 nitrogen and oxygen atoms in total. The Bertz CT molecular complexity index is 279. The van der Waals surface area contributed by atoms with Gasteiger partial charge < -0.3 is 43.3 Å². The van der Waals surface area contributed by atoms with E-state index in [0.717, 1.165) is 18.9 Å². The maximum absolute atomic E-state index is 10.9. The molecule has 0 heterocycles. The van der Waals surface area contributed by atoms with Crippen LogP contribution in [0.3, 0.4) is 0 Å². The molecule has 0 spiro atoms. The molecule has 0 unspecified atom stereocenters.